The topological polar surface area (TPSA) is 41.6 Å². The van der Waals surface area contributed by atoms with Crippen LogP contribution in [0, 0.1) is 5.92 Å². The number of amides is 1. The van der Waals surface area contributed by atoms with E-state index >= 15 is 0 Å². The van der Waals surface area contributed by atoms with E-state index in [-0.39, 0.29) is 5.91 Å². The predicted octanol–water partition coefficient (Wildman–Crippen LogP) is 0.871. The maximum Gasteiger partial charge on any atom is 0.236 e. The number of nitrogens with zero attached hydrogens (tertiary/aromatic N) is 1. The van der Waals surface area contributed by atoms with Crippen LogP contribution >= 0.6 is 0 Å². The summed E-state index contributed by atoms with van der Waals surface area (Å²) in [6.45, 7) is 8.70. The molecule has 1 rings (SSSR count). The van der Waals surface area contributed by atoms with Crippen molar-refractivity contribution in [2.45, 2.75) is 26.7 Å². The summed E-state index contributed by atoms with van der Waals surface area (Å²) < 4.78 is 5.39. The van der Waals surface area contributed by atoms with Gasteiger partial charge in [0.1, 0.15) is 0 Å². The van der Waals surface area contributed by atoms with Crippen LogP contribution in [0.25, 0.3) is 0 Å². The lowest BCUT2D eigenvalue weighted by Gasteiger charge is -2.23. The zero-order valence-electron chi connectivity index (χ0n) is 10.5. The highest BCUT2D eigenvalue weighted by molar-refractivity contribution is 5.78. The lowest BCUT2D eigenvalue weighted by atomic mass is 10.0. The van der Waals surface area contributed by atoms with E-state index in [1.54, 1.807) is 0 Å². The minimum Gasteiger partial charge on any atom is -0.381 e. The Bertz CT molecular complexity index is 199. The third kappa shape index (κ3) is 4.49. The van der Waals surface area contributed by atoms with Crippen molar-refractivity contribution < 1.29 is 9.53 Å². The lowest BCUT2D eigenvalue weighted by molar-refractivity contribution is -0.129. The van der Waals surface area contributed by atoms with E-state index in [1.807, 2.05) is 18.7 Å². The van der Waals surface area contributed by atoms with Gasteiger partial charge in [-0.3, -0.25) is 4.79 Å². The number of hydrogen-bond donors (Lipinski definition) is 1. The average molecular weight is 228 g/mol. The highest BCUT2D eigenvalue weighted by Gasteiger charge is 2.14. The summed E-state index contributed by atoms with van der Waals surface area (Å²) in [6.07, 6.45) is 2.36. The predicted molar refractivity (Wildman–Crippen MR) is 64.3 cm³/mol. The van der Waals surface area contributed by atoms with Gasteiger partial charge in [-0.05, 0) is 32.6 Å². The Labute approximate surface area is 98.3 Å². The number of rotatable bonds is 6. The molecule has 0 bridgehead atoms. The first-order valence-corrected chi connectivity index (χ1v) is 6.34. The van der Waals surface area contributed by atoms with Gasteiger partial charge in [-0.1, -0.05) is 0 Å². The molecular formula is C12H24N2O2. The Morgan fingerprint density at radius 2 is 2.19 bits per heavy atom. The van der Waals surface area contributed by atoms with Crippen molar-refractivity contribution in [3.63, 3.8) is 0 Å². The van der Waals surface area contributed by atoms with Crippen LogP contribution in [0.4, 0.5) is 0 Å². The van der Waals surface area contributed by atoms with Gasteiger partial charge in [0.05, 0.1) is 13.2 Å². The van der Waals surface area contributed by atoms with Crippen LogP contribution in [0.5, 0.6) is 0 Å². The van der Waals surface area contributed by atoms with Crippen LogP contribution in [-0.4, -0.2) is 50.2 Å². The van der Waals surface area contributed by atoms with Crippen LogP contribution in [0.15, 0.2) is 0 Å². The number of carbonyl (C=O) groups is 1. The summed E-state index contributed by atoms with van der Waals surface area (Å²) in [5.41, 5.74) is 0. The molecule has 1 heterocycles. The first-order chi connectivity index (χ1) is 7.77. The van der Waals surface area contributed by atoms with Gasteiger partial charge in [0.2, 0.25) is 5.91 Å². The van der Waals surface area contributed by atoms with Gasteiger partial charge < -0.3 is 15.0 Å². The molecule has 0 aliphatic carbocycles. The number of hydrogen-bond acceptors (Lipinski definition) is 3. The van der Waals surface area contributed by atoms with E-state index in [9.17, 15) is 4.79 Å². The molecule has 1 aliphatic rings. The maximum absolute atomic E-state index is 11.7. The van der Waals surface area contributed by atoms with E-state index in [1.165, 1.54) is 6.42 Å². The second kappa shape index (κ2) is 7.63. The van der Waals surface area contributed by atoms with Crippen molar-refractivity contribution in [2.24, 2.45) is 5.92 Å². The normalized spacial score (nSPS) is 20.8. The number of carbonyl (C=O) groups excluding carboxylic acids is 1. The molecule has 1 saturated heterocycles. The molecule has 0 aromatic rings. The van der Waals surface area contributed by atoms with Crippen LogP contribution in [-0.2, 0) is 9.53 Å². The highest BCUT2D eigenvalue weighted by Crippen LogP contribution is 2.11. The Kier molecular flexibility index (Phi) is 6.42. The molecule has 4 nitrogen and oxygen atoms in total. The van der Waals surface area contributed by atoms with E-state index in [0.717, 1.165) is 39.3 Å². The fourth-order valence-electron chi connectivity index (χ4n) is 2.04. The van der Waals surface area contributed by atoms with Crippen molar-refractivity contribution in [3.05, 3.63) is 0 Å². The summed E-state index contributed by atoms with van der Waals surface area (Å²) in [5, 5.41) is 3.23. The molecule has 1 amide bonds. The summed E-state index contributed by atoms with van der Waals surface area (Å²) in [7, 11) is 0. The van der Waals surface area contributed by atoms with Crippen molar-refractivity contribution in [1.82, 2.24) is 10.2 Å². The molecule has 0 spiro atoms. The van der Waals surface area contributed by atoms with E-state index in [0.29, 0.717) is 12.5 Å². The minimum atomic E-state index is 0.196. The first kappa shape index (κ1) is 13.5. The molecule has 1 unspecified atom stereocenters. The van der Waals surface area contributed by atoms with Gasteiger partial charge in [0, 0.05) is 26.2 Å². The Morgan fingerprint density at radius 3 is 2.75 bits per heavy atom. The van der Waals surface area contributed by atoms with Gasteiger partial charge in [0.25, 0.3) is 0 Å². The summed E-state index contributed by atoms with van der Waals surface area (Å²) in [5.74, 6) is 0.778. The monoisotopic (exact) mass is 228 g/mol. The highest BCUT2D eigenvalue weighted by atomic mass is 16.5. The minimum absolute atomic E-state index is 0.196. The Balaban J connectivity index is 2.11. The zero-order chi connectivity index (χ0) is 11.8. The summed E-state index contributed by atoms with van der Waals surface area (Å²) in [6, 6.07) is 0. The van der Waals surface area contributed by atoms with Crippen molar-refractivity contribution in [1.29, 1.82) is 0 Å². The molecule has 0 saturated carbocycles. The molecule has 0 radical (unpaired) electrons. The smallest absolute Gasteiger partial charge is 0.236 e. The SMILES string of the molecule is CCN(CC)C(=O)CNCC1CCCOC1. The third-order valence-corrected chi connectivity index (χ3v) is 3.08. The third-order valence-electron chi connectivity index (χ3n) is 3.08. The average Bonchev–Trinajstić information content (AvgIpc) is 2.32. The second-order valence-electron chi connectivity index (χ2n) is 4.28. The lowest BCUT2D eigenvalue weighted by Crippen LogP contribution is -2.40. The fraction of sp³-hybridized carbons (Fsp3) is 0.917. The molecule has 0 aromatic carbocycles. The van der Waals surface area contributed by atoms with Crippen LogP contribution in [0.2, 0.25) is 0 Å². The summed E-state index contributed by atoms with van der Waals surface area (Å²) in [4.78, 5) is 13.5. The Hall–Kier alpha value is -0.610. The molecule has 1 atom stereocenters. The van der Waals surface area contributed by atoms with Gasteiger partial charge in [-0.15, -0.1) is 0 Å². The van der Waals surface area contributed by atoms with Crippen LogP contribution in [0.1, 0.15) is 26.7 Å². The molecule has 0 aromatic heterocycles. The van der Waals surface area contributed by atoms with E-state index in [4.69, 9.17) is 4.74 Å². The van der Waals surface area contributed by atoms with Gasteiger partial charge in [-0.25, -0.2) is 0 Å². The number of likely N-dealkylation sites (N-methyl/N-ethyl adjacent to an activating group) is 1. The first-order valence-electron chi connectivity index (χ1n) is 6.34. The molecule has 1 aliphatic heterocycles. The molecule has 1 fully saturated rings. The molecule has 1 N–H and O–H groups in total. The standard InChI is InChI=1S/C12H24N2O2/c1-3-14(4-2)12(15)9-13-8-11-6-5-7-16-10-11/h11,13H,3-10H2,1-2H3. The van der Waals surface area contributed by atoms with Gasteiger partial charge in [0.15, 0.2) is 0 Å². The maximum atomic E-state index is 11.7. The molecule has 16 heavy (non-hydrogen) atoms. The van der Waals surface area contributed by atoms with Gasteiger partial charge >= 0.3 is 0 Å². The molecular weight excluding hydrogens is 204 g/mol. The fourth-order valence-corrected chi connectivity index (χ4v) is 2.04. The number of ether oxygens (including phenoxy) is 1. The van der Waals surface area contributed by atoms with E-state index < -0.39 is 0 Å². The van der Waals surface area contributed by atoms with Crippen molar-refractivity contribution >= 4 is 5.91 Å². The second-order valence-corrected chi connectivity index (χ2v) is 4.28. The molecule has 4 heteroatoms. The summed E-state index contributed by atoms with van der Waals surface area (Å²) >= 11 is 0. The largest absolute Gasteiger partial charge is 0.381 e. The van der Waals surface area contributed by atoms with Crippen LogP contribution < -0.4 is 5.32 Å². The van der Waals surface area contributed by atoms with E-state index in [2.05, 4.69) is 5.32 Å². The molecule has 94 valence electrons. The van der Waals surface area contributed by atoms with Crippen molar-refractivity contribution in [3.8, 4) is 0 Å². The number of nitrogens with one attached hydrogen (secondary N) is 1. The Morgan fingerprint density at radius 1 is 1.44 bits per heavy atom. The quantitative estimate of drug-likeness (QED) is 0.733. The van der Waals surface area contributed by atoms with Gasteiger partial charge in [-0.2, -0.15) is 0 Å². The zero-order valence-corrected chi connectivity index (χ0v) is 10.5. The van der Waals surface area contributed by atoms with Crippen molar-refractivity contribution in [2.75, 3.05) is 39.4 Å². The van der Waals surface area contributed by atoms with Crippen LogP contribution in [0.3, 0.4) is 0 Å².